The van der Waals surface area contributed by atoms with E-state index in [4.69, 9.17) is 0 Å². The van der Waals surface area contributed by atoms with Crippen LogP contribution in [0.3, 0.4) is 0 Å². The van der Waals surface area contributed by atoms with Crippen LogP contribution < -0.4 is 0 Å². The maximum Gasteiger partial charge on any atom is 0.296 e. The molecule has 0 fully saturated rings. The Morgan fingerprint density at radius 2 is 1.30 bits per heavy atom. The zero-order chi connectivity index (χ0) is 19.5. The second-order valence-corrected chi connectivity index (χ2v) is 9.11. The Balaban J connectivity index is 1.74. The van der Waals surface area contributed by atoms with Gasteiger partial charge in [0.2, 0.25) is 0 Å². The predicted octanol–water partition coefficient (Wildman–Crippen LogP) is 6.64. The van der Waals surface area contributed by atoms with Gasteiger partial charge in [-0.15, -0.1) is 0 Å². The summed E-state index contributed by atoms with van der Waals surface area (Å²) in [4.78, 5) is 0.208. The highest BCUT2D eigenvalue weighted by atomic mass is 32.2. The lowest BCUT2D eigenvalue weighted by Crippen LogP contribution is -2.02. The lowest BCUT2D eigenvalue weighted by atomic mass is 10.0. The fraction of sp³-hybridized carbons (Fsp3) is 0.565. The molecule has 0 aromatic heterocycles. The normalized spacial score (nSPS) is 11.9. The quantitative estimate of drug-likeness (QED) is 0.284. The topological polar surface area (TPSA) is 43.4 Å². The van der Waals surface area contributed by atoms with E-state index in [-0.39, 0.29) is 4.90 Å². The molecule has 150 valence electrons. The van der Waals surface area contributed by atoms with Crippen LogP contribution in [-0.2, 0) is 20.7 Å². The van der Waals surface area contributed by atoms with E-state index in [9.17, 15) is 8.42 Å². The minimum atomic E-state index is -3.63. The Labute approximate surface area is 165 Å². The Morgan fingerprint density at radius 1 is 0.741 bits per heavy atom. The SMILES string of the molecule is CCCCCCCCCCCCc1ccc2cc(S(=O)(=O)OC)ccc2c1. The molecule has 0 radical (unpaired) electrons. The van der Waals surface area contributed by atoms with Crippen molar-refractivity contribution < 1.29 is 12.6 Å². The molecule has 2 aromatic carbocycles. The monoisotopic (exact) mass is 390 g/mol. The van der Waals surface area contributed by atoms with Crippen LogP contribution >= 0.6 is 0 Å². The van der Waals surface area contributed by atoms with Crippen LogP contribution in [0.4, 0.5) is 0 Å². The van der Waals surface area contributed by atoms with E-state index in [0.29, 0.717) is 0 Å². The molecule has 0 spiro atoms. The molecule has 0 heterocycles. The van der Waals surface area contributed by atoms with Crippen LogP contribution in [-0.4, -0.2) is 15.5 Å². The summed E-state index contributed by atoms with van der Waals surface area (Å²) in [5.74, 6) is 0. The van der Waals surface area contributed by atoms with E-state index in [0.717, 1.165) is 17.2 Å². The molecule has 4 heteroatoms. The zero-order valence-electron chi connectivity index (χ0n) is 16.9. The summed E-state index contributed by atoms with van der Waals surface area (Å²) in [6.07, 6.45) is 14.6. The smallest absolute Gasteiger partial charge is 0.270 e. The van der Waals surface area contributed by atoms with Crippen LogP contribution in [0.15, 0.2) is 41.3 Å². The lowest BCUT2D eigenvalue weighted by molar-refractivity contribution is 0.398. The first kappa shape index (κ1) is 21.9. The molecule has 2 aromatic rings. The molecular formula is C23H34O3S. The minimum absolute atomic E-state index is 0.208. The van der Waals surface area contributed by atoms with Gasteiger partial charge in [0.1, 0.15) is 0 Å². The number of hydrogen-bond acceptors (Lipinski definition) is 3. The number of rotatable bonds is 13. The van der Waals surface area contributed by atoms with E-state index in [1.165, 1.54) is 76.9 Å². The predicted molar refractivity (Wildman–Crippen MR) is 114 cm³/mol. The average molecular weight is 391 g/mol. The highest BCUT2D eigenvalue weighted by Crippen LogP contribution is 2.22. The van der Waals surface area contributed by atoms with Gasteiger partial charge >= 0.3 is 0 Å². The Kier molecular flexibility index (Phi) is 9.29. The van der Waals surface area contributed by atoms with E-state index >= 15 is 0 Å². The highest BCUT2D eigenvalue weighted by molar-refractivity contribution is 7.86. The fourth-order valence-corrected chi connectivity index (χ4v) is 4.20. The summed E-state index contributed by atoms with van der Waals surface area (Å²) in [6.45, 7) is 2.26. The molecule has 0 saturated heterocycles. The van der Waals surface area contributed by atoms with Crippen LogP contribution in [0.5, 0.6) is 0 Å². The van der Waals surface area contributed by atoms with E-state index in [1.807, 2.05) is 12.1 Å². The molecule has 0 saturated carbocycles. The van der Waals surface area contributed by atoms with Crippen LogP contribution in [0.25, 0.3) is 10.8 Å². The Hall–Kier alpha value is -1.39. The molecule has 0 atom stereocenters. The third-order valence-electron chi connectivity index (χ3n) is 5.20. The number of benzene rings is 2. The molecule has 0 N–H and O–H groups in total. The fourth-order valence-electron chi connectivity index (χ4n) is 3.50. The standard InChI is InChI=1S/C23H34O3S/c1-3-4-5-6-7-8-9-10-11-12-13-20-14-15-22-19-23(27(24,25)26-2)17-16-21(22)18-20/h14-19H,3-13H2,1-2H3. The summed E-state index contributed by atoms with van der Waals surface area (Å²) >= 11 is 0. The number of fused-ring (bicyclic) bond motifs is 1. The largest absolute Gasteiger partial charge is 0.296 e. The summed E-state index contributed by atoms with van der Waals surface area (Å²) in [5.41, 5.74) is 1.32. The first-order chi connectivity index (χ1) is 13.1. The van der Waals surface area contributed by atoms with Gasteiger partial charge in [0.15, 0.2) is 0 Å². The van der Waals surface area contributed by atoms with E-state index in [2.05, 4.69) is 23.2 Å². The number of aryl methyl sites for hydroxylation is 1. The van der Waals surface area contributed by atoms with E-state index < -0.39 is 10.1 Å². The minimum Gasteiger partial charge on any atom is -0.270 e. The van der Waals surface area contributed by atoms with Crippen molar-refractivity contribution in [1.29, 1.82) is 0 Å². The molecule has 2 rings (SSSR count). The molecular weight excluding hydrogens is 356 g/mol. The Bertz CT molecular complexity index is 796. The van der Waals surface area contributed by atoms with Crippen LogP contribution in [0.1, 0.15) is 76.7 Å². The average Bonchev–Trinajstić information content (AvgIpc) is 2.69. The van der Waals surface area contributed by atoms with Gasteiger partial charge in [-0.2, -0.15) is 8.42 Å². The summed E-state index contributed by atoms with van der Waals surface area (Å²) in [5, 5.41) is 2.01. The van der Waals surface area contributed by atoms with Gasteiger partial charge in [-0.1, -0.05) is 89.0 Å². The number of hydrogen-bond donors (Lipinski definition) is 0. The van der Waals surface area contributed by atoms with Gasteiger partial charge in [0.05, 0.1) is 12.0 Å². The molecule has 27 heavy (non-hydrogen) atoms. The zero-order valence-corrected chi connectivity index (χ0v) is 17.7. The van der Waals surface area contributed by atoms with Gasteiger partial charge < -0.3 is 0 Å². The van der Waals surface area contributed by atoms with Gasteiger partial charge in [0, 0.05) is 0 Å². The first-order valence-corrected chi connectivity index (χ1v) is 11.8. The van der Waals surface area contributed by atoms with Crippen molar-refractivity contribution in [2.75, 3.05) is 7.11 Å². The molecule has 0 aliphatic rings. The summed E-state index contributed by atoms with van der Waals surface area (Å²) in [6, 6.07) is 11.5. The highest BCUT2D eigenvalue weighted by Gasteiger charge is 2.13. The van der Waals surface area contributed by atoms with Crippen molar-refractivity contribution in [3.8, 4) is 0 Å². The molecule has 0 aliphatic heterocycles. The van der Waals surface area contributed by atoms with Gasteiger partial charge in [0.25, 0.3) is 10.1 Å². The van der Waals surface area contributed by atoms with Crippen molar-refractivity contribution in [1.82, 2.24) is 0 Å². The van der Waals surface area contributed by atoms with Crippen LogP contribution in [0.2, 0.25) is 0 Å². The van der Waals surface area contributed by atoms with Crippen molar-refractivity contribution in [2.45, 2.75) is 82.4 Å². The maximum atomic E-state index is 11.8. The third-order valence-corrected chi connectivity index (χ3v) is 6.47. The molecule has 0 bridgehead atoms. The second kappa shape index (κ2) is 11.5. The van der Waals surface area contributed by atoms with Crippen molar-refractivity contribution in [3.63, 3.8) is 0 Å². The van der Waals surface area contributed by atoms with Crippen LogP contribution in [0, 0.1) is 0 Å². The van der Waals surface area contributed by atoms with Crippen molar-refractivity contribution in [3.05, 3.63) is 42.0 Å². The summed E-state index contributed by atoms with van der Waals surface area (Å²) < 4.78 is 28.2. The van der Waals surface area contributed by atoms with Gasteiger partial charge in [-0.3, -0.25) is 4.18 Å². The molecule has 3 nitrogen and oxygen atoms in total. The Morgan fingerprint density at radius 3 is 1.93 bits per heavy atom. The lowest BCUT2D eigenvalue weighted by Gasteiger charge is -2.07. The van der Waals surface area contributed by atoms with E-state index in [1.54, 1.807) is 12.1 Å². The molecule has 0 unspecified atom stereocenters. The van der Waals surface area contributed by atoms with Gasteiger partial charge in [-0.05, 0) is 41.3 Å². The maximum absolute atomic E-state index is 11.8. The summed E-state index contributed by atoms with van der Waals surface area (Å²) in [7, 11) is -2.44. The number of unbranched alkanes of at least 4 members (excludes halogenated alkanes) is 9. The van der Waals surface area contributed by atoms with Gasteiger partial charge in [-0.25, -0.2) is 0 Å². The molecule has 0 amide bonds. The first-order valence-electron chi connectivity index (χ1n) is 10.4. The second-order valence-electron chi connectivity index (χ2n) is 7.40. The molecule has 0 aliphatic carbocycles. The van der Waals surface area contributed by atoms with Crippen molar-refractivity contribution in [2.24, 2.45) is 0 Å². The third kappa shape index (κ3) is 7.27. The van der Waals surface area contributed by atoms with Crippen molar-refractivity contribution >= 4 is 20.9 Å².